The quantitative estimate of drug-likeness (QED) is 0.607. The molecule has 0 aliphatic rings. The molecule has 3 rings (SSSR count). The molecule has 0 saturated heterocycles. The van der Waals surface area contributed by atoms with Crippen molar-refractivity contribution in [2.75, 3.05) is 24.5 Å². The highest BCUT2D eigenvalue weighted by Crippen LogP contribution is 2.28. The number of furan rings is 1. The number of para-hydroxylation sites is 1. The summed E-state index contributed by atoms with van der Waals surface area (Å²) in [6, 6.07) is 13.7. The zero-order valence-corrected chi connectivity index (χ0v) is 15.4. The maximum Gasteiger partial charge on any atom is 0.242 e. The Labute approximate surface area is 156 Å². The summed E-state index contributed by atoms with van der Waals surface area (Å²) in [4.78, 5) is 21.1. The van der Waals surface area contributed by atoms with Crippen molar-refractivity contribution in [3.05, 3.63) is 48.4 Å². The van der Waals surface area contributed by atoms with E-state index in [2.05, 4.69) is 11.1 Å². The molecule has 0 aliphatic carbocycles. The molecule has 6 nitrogen and oxygen atoms in total. The predicted molar refractivity (Wildman–Crippen MR) is 102 cm³/mol. The highest BCUT2D eigenvalue weighted by molar-refractivity contribution is 7.22. The number of aromatic nitrogens is 1. The number of anilines is 1. The molecule has 0 aliphatic heterocycles. The number of nitriles is 1. The third-order valence-electron chi connectivity index (χ3n) is 3.99. The fourth-order valence-electron chi connectivity index (χ4n) is 2.72. The van der Waals surface area contributed by atoms with Gasteiger partial charge in [-0.15, -0.1) is 0 Å². The van der Waals surface area contributed by atoms with E-state index in [1.54, 1.807) is 11.2 Å². The van der Waals surface area contributed by atoms with Gasteiger partial charge in [0, 0.05) is 19.5 Å². The standard InChI is InChI=1S/C19H20N4O2S/c1-2-23(19-21-16-8-3-4-9-17(16)26-19)18(24)14-22(11-6-10-20)13-15-7-5-12-25-15/h3-5,7-9,12H,2,6,11,13-14H2,1H3. The van der Waals surface area contributed by atoms with Crippen molar-refractivity contribution in [1.82, 2.24) is 9.88 Å². The van der Waals surface area contributed by atoms with Crippen LogP contribution in [0.4, 0.5) is 5.13 Å². The molecule has 0 bridgehead atoms. The summed E-state index contributed by atoms with van der Waals surface area (Å²) in [6.45, 7) is 3.71. The van der Waals surface area contributed by atoms with Gasteiger partial charge in [0.25, 0.3) is 0 Å². The van der Waals surface area contributed by atoms with E-state index in [1.165, 1.54) is 11.3 Å². The van der Waals surface area contributed by atoms with Crippen molar-refractivity contribution < 1.29 is 9.21 Å². The number of nitrogens with zero attached hydrogens (tertiary/aromatic N) is 4. The highest BCUT2D eigenvalue weighted by atomic mass is 32.1. The molecule has 26 heavy (non-hydrogen) atoms. The average Bonchev–Trinajstić information content (AvgIpc) is 3.29. The van der Waals surface area contributed by atoms with Crippen LogP contribution in [0.2, 0.25) is 0 Å². The zero-order chi connectivity index (χ0) is 18.4. The summed E-state index contributed by atoms with van der Waals surface area (Å²) in [7, 11) is 0. The summed E-state index contributed by atoms with van der Waals surface area (Å²) in [5, 5.41) is 9.59. The first-order chi connectivity index (χ1) is 12.7. The van der Waals surface area contributed by atoms with Gasteiger partial charge in [0.2, 0.25) is 5.91 Å². The molecule has 0 radical (unpaired) electrons. The highest BCUT2D eigenvalue weighted by Gasteiger charge is 2.21. The number of benzene rings is 1. The number of carbonyl (C=O) groups excluding carboxylic acids is 1. The van der Waals surface area contributed by atoms with Crippen LogP contribution in [0.25, 0.3) is 10.2 Å². The minimum Gasteiger partial charge on any atom is -0.468 e. The molecule has 0 N–H and O–H groups in total. The number of thiazole rings is 1. The van der Waals surface area contributed by atoms with E-state index in [4.69, 9.17) is 9.68 Å². The third-order valence-corrected chi connectivity index (χ3v) is 5.05. The van der Waals surface area contributed by atoms with E-state index in [0.29, 0.717) is 31.2 Å². The Bertz CT molecular complexity index is 865. The number of amides is 1. The minimum atomic E-state index is -0.0314. The largest absolute Gasteiger partial charge is 0.468 e. The van der Waals surface area contributed by atoms with E-state index in [9.17, 15) is 4.79 Å². The van der Waals surface area contributed by atoms with Crippen LogP contribution < -0.4 is 4.90 Å². The average molecular weight is 368 g/mol. The number of carbonyl (C=O) groups is 1. The van der Waals surface area contributed by atoms with Gasteiger partial charge in [0.05, 0.1) is 35.6 Å². The Kier molecular flexibility index (Phi) is 6.00. The van der Waals surface area contributed by atoms with Crippen molar-refractivity contribution in [3.8, 4) is 6.07 Å². The van der Waals surface area contributed by atoms with Gasteiger partial charge in [0.15, 0.2) is 5.13 Å². The fraction of sp³-hybridized carbons (Fsp3) is 0.316. The second kappa shape index (κ2) is 8.61. The summed E-state index contributed by atoms with van der Waals surface area (Å²) < 4.78 is 6.44. The molecule has 0 fully saturated rings. The lowest BCUT2D eigenvalue weighted by Crippen LogP contribution is -2.40. The van der Waals surface area contributed by atoms with Crippen LogP contribution in [0, 0.1) is 11.3 Å². The molecule has 2 heterocycles. The molecule has 3 aromatic rings. The van der Waals surface area contributed by atoms with Gasteiger partial charge in [0.1, 0.15) is 5.76 Å². The van der Waals surface area contributed by atoms with Crippen molar-refractivity contribution >= 4 is 32.6 Å². The minimum absolute atomic E-state index is 0.0314. The van der Waals surface area contributed by atoms with Gasteiger partial charge in [-0.1, -0.05) is 23.5 Å². The Morgan fingerprint density at radius 1 is 1.31 bits per heavy atom. The smallest absolute Gasteiger partial charge is 0.242 e. The van der Waals surface area contributed by atoms with E-state index in [1.807, 2.05) is 48.2 Å². The maximum absolute atomic E-state index is 12.9. The number of rotatable bonds is 8. The summed E-state index contributed by atoms with van der Waals surface area (Å²) >= 11 is 1.51. The topological polar surface area (TPSA) is 73.4 Å². The second-order valence-electron chi connectivity index (χ2n) is 5.80. The Morgan fingerprint density at radius 2 is 2.15 bits per heavy atom. The van der Waals surface area contributed by atoms with Crippen LogP contribution >= 0.6 is 11.3 Å². The van der Waals surface area contributed by atoms with Gasteiger partial charge < -0.3 is 4.42 Å². The third kappa shape index (κ3) is 4.28. The van der Waals surface area contributed by atoms with E-state index >= 15 is 0 Å². The summed E-state index contributed by atoms with van der Waals surface area (Å²) in [6.07, 6.45) is 1.97. The van der Waals surface area contributed by atoms with Gasteiger partial charge >= 0.3 is 0 Å². The molecule has 0 atom stereocenters. The van der Waals surface area contributed by atoms with Crippen LogP contribution in [0.5, 0.6) is 0 Å². The van der Waals surface area contributed by atoms with Crippen LogP contribution in [0.15, 0.2) is 47.1 Å². The Balaban J connectivity index is 1.74. The van der Waals surface area contributed by atoms with Gasteiger partial charge in [-0.05, 0) is 31.2 Å². The first kappa shape index (κ1) is 18.1. The first-order valence-electron chi connectivity index (χ1n) is 8.49. The van der Waals surface area contributed by atoms with Crippen molar-refractivity contribution in [2.45, 2.75) is 19.9 Å². The van der Waals surface area contributed by atoms with Crippen LogP contribution in [-0.2, 0) is 11.3 Å². The molecule has 0 spiro atoms. The van der Waals surface area contributed by atoms with E-state index < -0.39 is 0 Å². The lowest BCUT2D eigenvalue weighted by molar-refractivity contribution is -0.119. The van der Waals surface area contributed by atoms with Gasteiger partial charge in [-0.2, -0.15) is 5.26 Å². The monoisotopic (exact) mass is 368 g/mol. The number of hydrogen-bond acceptors (Lipinski definition) is 6. The molecule has 2 aromatic heterocycles. The molecule has 1 aromatic carbocycles. The van der Waals surface area contributed by atoms with E-state index in [0.717, 1.165) is 16.0 Å². The van der Waals surface area contributed by atoms with E-state index in [-0.39, 0.29) is 12.5 Å². The van der Waals surface area contributed by atoms with Crippen LogP contribution in [0.1, 0.15) is 19.1 Å². The number of likely N-dealkylation sites (N-methyl/N-ethyl adjacent to an activating group) is 1. The molecular weight excluding hydrogens is 348 g/mol. The second-order valence-corrected chi connectivity index (χ2v) is 6.81. The Morgan fingerprint density at radius 3 is 2.85 bits per heavy atom. The molecule has 0 unspecified atom stereocenters. The molecule has 134 valence electrons. The maximum atomic E-state index is 12.9. The van der Waals surface area contributed by atoms with Crippen LogP contribution in [0.3, 0.4) is 0 Å². The van der Waals surface area contributed by atoms with Gasteiger partial charge in [-0.3, -0.25) is 14.6 Å². The molecular formula is C19H20N4O2S. The lowest BCUT2D eigenvalue weighted by Gasteiger charge is -2.24. The van der Waals surface area contributed by atoms with Crippen molar-refractivity contribution in [3.63, 3.8) is 0 Å². The molecule has 7 heteroatoms. The zero-order valence-electron chi connectivity index (χ0n) is 14.6. The molecule has 1 amide bonds. The normalized spacial score (nSPS) is 11.0. The van der Waals surface area contributed by atoms with Gasteiger partial charge in [-0.25, -0.2) is 4.98 Å². The molecule has 0 saturated carbocycles. The number of fused-ring (bicyclic) bond motifs is 1. The van der Waals surface area contributed by atoms with Crippen LogP contribution in [-0.4, -0.2) is 35.4 Å². The van der Waals surface area contributed by atoms with Crippen molar-refractivity contribution in [2.24, 2.45) is 0 Å². The summed E-state index contributed by atoms with van der Waals surface area (Å²) in [5.74, 6) is 0.745. The van der Waals surface area contributed by atoms with Crippen molar-refractivity contribution in [1.29, 1.82) is 5.26 Å². The Hall–Kier alpha value is -2.69. The number of hydrogen-bond donors (Lipinski definition) is 0. The fourth-order valence-corrected chi connectivity index (χ4v) is 3.76. The summed E-state index contributed by atoms with van der Waals surface area (Å²) in [5.41, 5.74) is 0.899. The first-order valence-corrected chi connectivity index (χ1v) is 9.30. The lowest BCUT2D eigenvalue weighted by atomic mass is 10.3. The SMILES string of the molecule is CCN(C(=O)CN(CCC#N)Cc1ccco1)c1nc2ccccc2s1. The predicted octanol–water partition coefficient (Wildman–Crippen LogP) is 3.66.